The van der Waals surface area contributed by atoms with E-state index in [0.29, 0.717) is 49.1 Å². The van der Waals surface area contributed by atoms with Crippen LogP contribution in [0.3, 0.4) is 0 Å². The number of piperazine rings is 1. The van der Waals surface area contributed by atoms with Crippen molar-refractivity contribution < 1.29 is 13.9 Å². The number of rotatable bonds is 6. The number of hydrogen-bond acceptors (Lipinski definition) is 6. The van der Waals surface area contributed by atoms with Gasteiger partial charge in [0.15, 0.2) is 5.82 Å². The number of carbonyl (C=O) groups excluding carboxylic acids is 1. The Kier molecular flexibility index (Phi) is 7.45. The van der Waals surface area contributed by atoms with Gasteiger partial charge in [-0.15, -0.1) is 0 Å². The van der Waals surface area contributed by atoms with E-state index in [1.165, 1.54) is 23.6 Å². The smallest absolute Gasteiger partial charge is 0.319 e. The van der Waals surface area contributed by atoms with E-state index in [4.69, 9.17) is 9.72 Å². The fourth-order valence-electron chi connectivity index (χ4n) is 6.61. The molecule has 2 aliphatic heterocycles. The number of aromatic nitrogens is 2. The van der Waals surface area contributed by atoms with Gasteiger partial charge in [0, 0.05) is 42.7 Å². The van der Waals surface area contributed by atoms with Crippen LogP contribution in [0, 0.1) is 5.82 Å². The summed E-state index contributed by atoms with van der Waals surface area (Å²) in [5, 5.41) is 0.659. The Bertz CT molecular complexity index is 1440. The molecule has 1 aliphatic carbocycles. The van der Waals surface area contributed by atoms with Gasteiger partial charge in [0.2, 0.25) is 5.91 Å². The van der Waals surface area contributed by atoms with Crippen molar-refractivity contribution in [3.63, 3.8) is 0 Å². The van der Waals surface area contributed by atoms with Gasteiger partial charge < -0.3 is 19.4 Å². The van der Waals surface area contributed by atoms with E-state index >= 15 is 4.39 Å². The maximum Gasteiger partial charge on any atom is 0.319 e. The number of likely N-dealkylation sites (tertiary alicyclic amines) is 1. The molecule has 1 amide bonds. The maximum absolute atomic E-state index is 16.5. The number of fused-ring (bicyclic) bond motifs is 2. The number of anilines is 1. The minimum absolute atomic E-state index is 0.0200. The Morgan fingerprint density at radius 2 is 1.95 bits per heavy atom. The standard InChI is InChI=1S/C32H38FN5O2/c1-4-28(39)37-17-18-38(21(2)19-37)31-27-15-14-26(25-13-7-10-22-9-5-6-12-24(22)25)29(33)30(27)34-32(35-31)40-20-23-11-8-16-36(23)3/h4,7,10,13-15,21,23H,1,5-6,8-9,11-12,16-20H2,2-3H3. The molecule has 0 N–H and O–H groups in total. The lowest BCUT2D eigenvalue weighted by Crippen LogP contribution is -2.53. The van der Waals surface area contributed by atoms with Crippen LogP contribution in [0.1, 0.15) is 43.7 Å². The van der Waals surface area contributed by atoms with Crippen LogP contribution < -0.4 is 9.64 Å². The first kappa shape index (κ1) is 26.7. The highest BCUT2D eigenvalue weighted by atomic mass is 19.1. The molecule has 0 radical (unpaired) electrons. The number of aryl methyl sites for hydroxylation is 1. The lowest BCUT2D eigenvalue weighted by Gasteiger charge is -2.40. The first-order valence-corrected chi connectivity index (χ1v) is 14.6. The first-order valence-electron chi connectivity index (χ1n) is 14.6. The van der Waals surface area contributed by atoms with Crippen molar-refractivity contribution in [1.29, 1.82) is 0 Å². The van der Waals surface area contributed by atoms with Crippen LogP contribution in [0.25, 0.3) is 22.0 Å². The van der Waals surface area contributed by atoms with Crippen LogP contribution in [0.5, 0.6) is 6.01 Å². The predicted octanol–water partition coefficient (Wildman–Crippen LogP) is 5.01. The molecule has 2 aromatic carbocycles. The summed E-state index contributed by atoms with van der Waals surface area (Å²) in [6, 6.07) is 10.5. The molecule has 6 rings (SSSR count). The molecule has 3 heterocycles. The van der Waals surface area contributed by atoms with Crippen molar-refractivity contribution >= 4 is 22.6 Å². The molecular weight excluding hydrogens is 505 g/mol. The summed E-state index contributed by atoms with van der Waals surface area (Å²) in [6.07, 6.45) is 7.85. The van der Waals surface area contributed by atoms with Crippen molar-refractivity contribution in [3.8, 4) is 17.1 Å². The summed E-state index contributed by atoms with van der Waals surface area (Å²) in [5.41, 5.74) is 4.38. The number of nitrogens with zero attached hydrogens (tertiary/aromatic N) is 5. The van der Waals surface area contributed by atoms with Crippen molar-refractivity contribution in [2.45, 2.75) is 57.5 Å². The molecule has 3 aromatic rings. The first-order chi connectivity index (χ1) is 19.4. The number of hydrogen-bond donors (Lipinski definition) is 0. The quantitative estimate of drug-likeness (QED) is 0.408. The minimum atomic E-state index is -0.337. The molecule has 7 nitrogen and oxygen atoms in total. The number of carbonyl (C=O) groups is 1. The zero-order valence-electron chi connectivity index (χ0n) is 23.5. The Morgan fingerprint density at radius 1 is 1.10 bits per heavy atom. The molecular formula is C32H38FN5O2. The van der Waals surface area contributed by atoms with Crippen LogP contribution in [-0.4, -0.2) is 77.6 Å². The topological polar surface area (TPSA) is 61.8 Å². The SMILES string of the molecule is C=CC(=O)N1CCN(c2nc(OCC3CCCN3C)nc3c(F)c(-c4cccc5c4CCCC5)ccc23)C(C)C1. The number of amides is 1. The fraction of sp³-hybridized carbons (Fsp3) is 0.469. The van der Waals surface area contributed by atoms with Crippen LogP contribution in [0.2, 0.25) is 0 Å². The fourth-order valence-corrected chi connectivity index (χ4v) is 6.61. The maximum atomic E-state index is 16.5. The van der Waals surface area contributed by atoms with Gasteiger partial charge in [-0.3, -0.25) is 4.79 Å². The van der Waals surface area contributed by atoms with Gasteiger partial charge in [-0.1, -0.05) is 30.8 Å². The normalized spacial score (nSPS) is 21.5. The van der Waals surface area contributed by atoms with Gasteiger partial charge in [-0.05, 0) is 87.9 Å². The molecule has 0 saturated carbocycles. The summed E-state index contributed by atoms with van der Waals surface area (Å²) >= 11 is 0. The second-order valence-corrected chi connectivity index (χ2v) is 11.4. The second-order valence-electron chi connectivity index (χ2n) is 11.4. The zero-order valence-corrected chi connectivity index (χ0v) is 23.5. The molecule has 40 heavy (non-hydrogen) atoms. The van der Waals surface area contributed by atoms with E-state index < -0.39 is 0 Å². The average molecular weight is 544 g/mol. The third kappa shape index (κ3) is 4.94. The van der Waals surface area contributed by atoms with E-state index in [-0.39, 0.29) is 29.3 Å². The van der Waals surface area contributed by atoms with Crippen molar-refractivity contribution in [1.82, 2.24) is 19.8 Å². The Hall–Kier alpha value is -3.52. The molecule has 2 saturated heterocycles. The van der Waals surface area contributed by atoms with Gasteiger partial charge in [0.1, 0.15) is 17.9 Å². The summed E-state index contributed by atoms with van der Waals surface area (Å²) in [7, 11) is 2.10. The van der Waals surface area contributed by atoms with E-state index in [1.807, 2.05) is 24.3 Å². The number of benzene rings is 2. The van der Waals surface area contributed by atoms with Crippen LogP contribution in [-0.2, 0) is 17.6 Å². The molecule has 2 atom stereocenters. The van der Waals surface area contributed by atoms with Crippen LogP contribution in [0.4, 0.5) is 10.2 Å². The summed E-state index contributed by atoms with van der Waals surface area (Å²) in [5.74, 6) is 0.236. The highest BCUT2D eigenvalue weighted by molar-refractivity contribution is 5.94. The molecule has 8 heteroatoms. The monoisotopic (exact) mass is 543 g/mol. The molecule has 0 spiro atoms. The van der Waals surface area contributed by atoms with Gasteiger partial charge in [-0.25, -0.2) is 4.39 Å². The number of ether oxygens (including phenoxy) is 1. The zero-order chi connectivity index (χ0) is 27.8. The predicted molar refractivity (Wildman–Crippen MR) is 156 cm³/mol. The van der Waals surface area contributed by atoms with Gasteiger partial charge in [0.25, 0.3) is 0 Å². The molecule has 3 aliphatic rings. The van der Waals surface area contributed by atoms with E-state index in [9.17, 15) is 4.79 Å². The number of likely N-dealkylation sites (N-methyl/N-ethyl adjacent to an activating group) is 1. The third-order valence-corrected chi connectivity index (χ3v) is 8.91. The molecule has 2 fully saturated rings. The van der Waals surface area contributed by atoms with Crippen molar-refractivity contribution in [2.75, 3.05) is 44.7 Å². The highest BCUT2D eigenvalue weighted by Crippen LogP contribution is 2.38. The summed E-state index contributed by atoms with van der Waals surface area (Å²) < 4.78 is 22.7. The average Bonchev–Trinajstić information content (AvgIpc) is 3.40. The van der Waals surface area contributed by atoms with Crippen molar-refractivity contribution in [3.05, 3.63) is 59.9 Å². The lowest BCUT2D eigenvalue weighted by atomic mass is 9.85. The van der Waals surface area contributed by atoms with Crippen molar-refractivity contribution in [2.24, 2.45) is 0 Å². The van der Waals surface area contributed by atoms with Crippen LogP contribution in [0.15, 0.2) is 43.0 Å². The highest BCUT2D eigenvalue weighted by Gasteiger charge is 2.30. The van der Waals surface area contributed by atoms with Crippen LogP contribution >= 0.6 is 0 Å². The third-order valence-electron chi connectivity index (χ3n) is 8.91. The van der Waals surface area contributed by atoms with E-state index in [0.717, 1.165) is 44.2 Å². The molecule has 1 aromatic heterocycles. The minimum Gasteiger partial charge on any atom is -0.462 e. The summed E-state index contributed by atoms with van der Waals surface area (Å²) in [6.45, 7) is 8.86. The van der Waals surface area contributed by atoms with Gasteiger partial charge >= 0.3 is 6.01 Å². The molecule has 0 bridgehead atoms. The molecule has 210 valence electrons. The lowest BCUT2D eigenvalue weighted by molar-refractivity contribution is -0.126. The van der Waals surface area contributed by atoms with E-state index in [1.54, 1.807) is 4.90 Å². The Balaban J connectivity index is 1.42. The Morgan fingerprint density at radius 3 is 2.73 bits per heavy atom. The largest absolute Gasteiger partial charge is 0.462 e. The molecule has 2 unspecified atom stereocenters. The van der Waals surface area contributed by atoms with E-state index in [2.05, 4.69) is 41.4 Å². The second kappa shape index (κ2) is 11.2. The number of halogens is 1. The Labute approximate surface area is 235 Å². The van der Waals surface area contributed by atoms with Gasteiger partial charge in [0.05, 0.1) is 0 Å². The van der Waals surface area contributed by atoms with Gasteiger partial charge in [-0.2, -0.15) is 9.97 Å². The summed E-state index contributed by atoms with van der Waals surface area (Å²) in [4.78, 5) is 28.0.